The minimum Gasteiger partial charge on any atom is -0.254 e. The summed E-state index contributed by atoms with van der Waals surface area (Å²) in [5.41, 5.74) is -0.180. The van der Waals surface area contributed by atoms with Gasteiger partial charge in [0.05, 0.1) is 4.43 Å². The summed E-state index contributed by atoms with van der Waals surface area (Å²) < 4.78 is 26.3. The highest BCUT2D eigenvalue weighted by Crippen LogP contribution is 2.28. The van der Waals surface area contributed by atoms with Crippen LogP contribution in [0.4, 0.5) is 8.78 Å². The molecule has 5 heteroatoms. The number of nitrogens with zero attached hydrogens (tertiary/aromatic N) is 1. The average molecular weight is 348 g/mol. The monoisotopic (exact) mass is 347 g/mol. The van der Waals surface area contributed by atoms with Crippen LogP contribution in [0.2, 0.25) is 0 Å². The van der Waals surface area contributed by atoms with Gasteiger partial charge in [-0.3, -0.25) is 4.98 Å². The van der Waals surface area contributed by atoms with Crippen LogP contribution in [0, 0.1) is 0 Å². The van der Waals surface area contributed by atoms with Crippen LogP contribution in [-0.2, 0) is 5.92 Å². The van der Waals surface area contributed by atoms with Crippen LogP contribution in [0.15, 0.2) is 22.8 Å². The Morgan fingerprint density at radius 1 is 1.50 bits per heavy atom. The molecule has 0 fully saturated rings. The van der Waals surface area contributed by atoms with Gasteiger partial charge in [-0.05, 0) is 28.1 Å². The highest BCUT2D eigenvalue weighted by Gasteiger charge is 2.31. The topological polar surface area (TPSA) is 12.9 Å². The first-order valence-corrected chi connectivity index (χ1v) is 5.44. The number of hydrogen-bond donors (Lipinski definition) is 0. The zero-order valence-electron chi connectivity index (χ0n) is 5.90. The van der Waals surface area contributed by atoms with Gasteiger partial charge in [0.25, 0.3) is 5.92 Å². The lowest BCUT2D eigenvalue weighted by Crippen LogP contribution is -2.16. The lowest BCUT2D eigenvalue weighted by molar-refractivity contribution is 0.0217. The van der Waals surface area contributed by atoms with E-state index in [1.807, 2.05) is 0 Å². The molecule has 0 saturated heterocycles. The van der Waals surface area contributed by atoms with Crippen molar-refractivity contribution in [2.75, 3.05) is 4.43 Å². The van der Waals surface area contributed by atoms with Crippen LogP contribution in [0.1, 0.15) is 5.69 Å². The third-order valence-corrected chi connectivity index (χ3v) is 2.70. The summed E-state index contributed by atoms with van der Waals surface area (Å²) in [5, 5.41) is 0. The average Bonchev–Trinajstić information content (AvgIpc) is 2.05. The second-order valence-electron chi connectivity index (χ2n) is 2.20. The van der Waals surface area contributed by atoms with Gasteiger partial charge in [-0.15, -0.1) is 0 Å². The van der Waals surface area contributed by atoms with Gasteiger partial charge in [-0.2, -0.15) is 8.78 Å². The Morgan fingerprint density at radius 2 is 2.17 bits per heavy atom. The molecule has 0 bridgehead atoms. The van der Waals surface area contributed by atoms with Gasteiger partial charge < -0.3 is 0 Å². The largest absolute Gasteiger partial charge is 0.298 e. The fourth-order valence-electron chi connectivity index (χ4n) is 0.661. The Labute approximate surface area is 90.8 Å². The minimum absolute atomic E-state index is 0.180. The van der Waals surface area contributed by atoms with E-state index in [0.29, 0.717) is 4.47 Å². The molecule has 0 atom stereocenters. The molecule has 1 aromatic heterocycles. The van der Waals surface area contributed by atoms with Crippen LogP contribution in [0.25, 0.3) is 0 Å². The molecule has 1 aromatic rings. The van der Waals surface area contributed by atoms with E-state index in [-0.39, 0.29) is 10.1 Å². The quantitative estimate of drug-likeness (QED) is 0.590. The summed E-state index contributed by atoms with van der Waals surface area (Å²) in [4.78, 5) is 3.62. The summed E-state index contributed by atoms with van der Waals surface area (Å²) >= 11 is 4.77. The van der Waals surface area contributed by atoms with Gasteiger partial charge in [0, 0.05) is 10.7 Å². The molecule has 0 radical (unpaired) electrons. The van der Waals surface area contributed by atoms with Crippen LogP contribution in [0.3, 0.4) is 0 Å². The number of aromatic nitrogens is 1. The van der Waals surface area contributed by atoms with Crippen molar-refractivity contribution in [3.8, 4) is 0 Å². The summed E-state index contributed by atoms with van der Waals surface area (Å²) in [7, 11) is 0. The second kappa shape index (κ2) is 3.95. The fourth-order valence-corrected chi connectivity index (χ4v) is 1.29. The predicted molar refractivity (Wildman–Crippen MR) is 54.7 cm³/mol. The molecule has 0 unspecified atom stereocenters. The van der Waals surface area contributed by atoms with Crippen molar-refractivity contribution in [3.05, 3.63) is 28.5 Å². The zero-order chi connectivity index (χ0) is 9.19. The Balaban J connectivity index is 2.96. The van der Waals surface area contributed by atoms with E-state index in [4.69, 9.17) is 0 Å². The highest BCUT2D eigenvalue weighted by atomic mass is 127. The van der Waals surface area contributed by atoms with Crippen molar-refractivity contribution < 1.29 is 8.78 Å². The summed E-state index contributed by atoms with van der Waals surface area (Å²) in [6.45, 7) is 0. The molecule has 0 spiro atoms. The summed E-state index contributed by atoms with van der Waals surface area (Å²) in [6.07, 6.45) is 1.37. The first-order chi connectivity index (χ1) is 5.56. The van der Waals surface area contributed by atoms with Crippen LogP contribution in [-0.4, -0.2) is 9.41 Å². The molecule has 1 heterocycles. The van der Waals surface area contributed by atoms with Crippen molar-refractivity contribution >= 4 is 38.5 Å². The lowest BCUT2D eigenvalue weighted by Gasteiger charge is -2.11. The first-order valence-electron chi connectivity index (χ1n) is 3.12. The molecule has 0 amide bonds. The van der Waals surface area contributed by atoms with Gasteiger partial charge in [0.2, 0.25) is 0 Å². The summed E-state index contributed by atoms with van der Waals surface area (Å²) in [5.74, 6) is -2.82. The zero-order valence-corrected chi connectivity index (χ0v) is 9.64. The van der Waals surface area contributed by atoms with Crippen LogP contribution < -0.4 is 0 Å². The summed E-state index contributed by atoms with van der Waals surface area (Å²) in [6, 6.07) is 2.88. The Bertz CT molecular complexity index is 263. The van der Waals surface area contributed by atoms with Crippen LogP contribution in [0.5, 0.6) is 0 Å². The van der Waals surface area contributed by atoms with Crippen LogP contribution >= 0.6 is 38.5 Å². The second-order valence-corrected chi connectivity index (χ2v) is 3.88. The standard InChI is InChI=1S/C7H5BrF2IN/c8-5-1-2-6(12-3-5)7(9,10)4-11/h1-3H,4H2. The van der Waals surface area contributed by atoms with E-state index in [2.05, 4.69) is 20.9 Å². The Kier molecular flexibility index (Phi) is 3.39. The molecule has 0 aliphatic carbocycles. The minimum atomic E-state index is -2.82. The van der Waals surface area contributed by atoms with Crippen molar-refractivity contribution in [3.63, 3.8) is 0 Å². The number of hydrogen-bond acceptors (Lipinski definition) is 1. The van der Waals surface area contributed by atoms with E-state index in [1.54, 1.807) is 28.7 Å². The smallest absolute Gasteiger partial charge is 0.254 e. The number of alkyl halides is 3. The molecule has 0 aliphatic rings. The molecular weight excluding hydrogens is 343 g/mol. The Hall–Kier alpha value is 0.220. The maximum absolute atomic E-state index is 12.9. The molecule has 0 aromatic carbocycles. The van der Waals surface area contributed by atoms with E-state index >= 15 is 0 Å². The molecule has 1 nitrogen and oxygen atoms in total. The lowest BCUT2D eigenvalue weighted by atomic mass is 10.2. The molecule has 66 valence electrons. The van der Waals surface area contributed by atoms with E-state index < -0.39 is 5.92 Å². The van der Waals surface area contributed by atoms with E-state index in [9.17, 15) is 8.78 Å². The SMILES string of the molecule is FC(F)(CI)c1ccc(Br)cn1. The molecule has 1 rings (SSSR count). The Morgan fingerprint density at radius 3 is 2.58 bits per heavy atom. The van der Waals surface area contributed by atoms with Gasteiger partial charge in [-0.25, -0.2) is 0 Å². The molecular formula is C7H5BrF2IN. The first kappa shape index (κ1) is 10.3. The third kappa shape index (κ3) is 2.35. The van der Waals surface area contributed by atoms with Gasteiger partial charge >= 0.3 is 0 Å². The van der Waals surface area contributed by atoms with E-state index in [1.165, 1.54) is 12.3 Å². The number of pyridine rings is 1. The number of rotatable bonds is 2. The molecule has 0 N–H and O–H groups in total. The maximum atomic E-state index is 12.9. The number of halogens is 4. The van der Waals surface area contributed by atoms with Crippen molar-refractivity contribution in [2.45, 2.75) is 5.92 Å². The molecule has 12 heavy (non-hydrogen) atoms. The van der Waals surface area contributed by atoms with Crippen molar-refractivity contribution in [1.29, 1.82) is 0 Å². The fraction of sp³-hybridized carbons (Fsp3) is 0.286. The maximum Gasteiger partial charge on any atom is 0.298 e. The van der Waals surface area contributed by atoms with Gasteiger partial charge in [-0.1, -0.05) is 22.6 Å². The third-order valence-electron chi connectivity index (χ3n) is 1.27. The molecule has 0 saturated carbocycles. The highest BCUT2D eigenvalue weighted by molar-refractivity contribution is 14.1. The van der Waals surface area contributed by atoms with Gasteiger partial charge in [0.1, 0.15) is 5.69 Å². The predicted octanol–water partition coefficient (Wildman–Crippen LogP) is 3.37. The molecule has 0 aliphatic heterocycles. The van der Waals surface area contributed by atoms with Crippen molar-refractivity contribution in [2.24, 2.45) is 0 Å². The normalized spacial score (nSPS) is 11.7. The van der Waals surface area contributed by atoms with Gasteiger partial charge in [0.15, 0.2) is 0 Å². The van der Waals surface area contributed by atoms with E-state index in [0.717, 1.165) is 0 Å². The van der Waals surface area contributed by atoms with Crippen molar-refractivity contribution in [1.82, 2.24) is 4.98 Å².